The van der Waals surface area contributed by atoms with E-state index in [0.717, 1.165) is 19.3 Å². The van der Waals surface area contributed by atoms with Gasteiger partial charge >= 0.3 is 12.1 Å². The van der Waals surface area contributed by atoms with Crippen LogP contribution >= 0.6 is 0 Å². The van der Waals surface area contributed by atoms with Crippen LogP contribution in [-0.2, 0) is 19.1 Å². The van der Waals surface area contributed by atoms with Crippen molar-refractivity contribution < 1.29 is 23.9 Å². The molecule has 2 aliphatic rings. The van der Waals surface area contributed by atoms with Gasteiger partial charge in [-0.15, -0.1) is 0 Å². The molecule has 1 saturated heterocycles. The van der Waals surface area contributed by atoms with E-state index in [4.69, 9.17) is 9.47 Å². The van der Waals surface area contributed by atoms with E-state index < -0.39 is 35.5 Å². The fourth-order valence-electron chi connectivity index (χ4n) is 4.03. The summed E-state index contributed by atoms with van der Waals surface area (Å²) in [6, 6.07) is 7.25. The van der Waals surface area contributed by atoms with Gasteiger partial charge in [0.1, 0.15) is 18.2 Å². The molecule has 1 aromatic carbocycles. The molecule has 2 fully saturated rings. The average molecular weight is 387 g/mol. The van der Waals surface area contributed by atoms with E-state index in [-0.39, 0.29) is 18.5 Å². The number of carbonyl (C=O) groups excluding carboxylic acids is 3. The van der Waals surface area contributed by atoms with Crippen LogP contribution in [0.25, 0.3) is 0 Å². The average Bonchev–Trinajstić information content (AvgIpc) is 2.92. The third-order valence-corrected chi connectivity index (χ3v) is 5.58. The number of Topliss-reactive ketones (excluding diaryl/α,β-unsaturated/α-hetero) is 1. The summed E-state index contributed by atoms with van der Waals surface area (Å²) in [5.74, 6) is -1.38. The second-order valence-electron chi connectivity index (χ2n) is 8.60. The van der Waals surface area contributed by atoms with E-state index in [9.17, 15) is 14.4 Å². The first-order valence-electron chi connectivity index (χ1n) is 10.00. The maximum absolute atomic E-state index is 13.5. The summed E-state index contributed by atoms with van der Waals surface area (Å²) in [6.07, 6.45) is 1.89. The van der Waals surface area contributed by atoms with Crippen LogP contribution in [0.5, 0.6) is 0 Å². The Morgan fingerprint density at radius 3 is 2.29 bits per heavy atom. The van der Waals surface area contributed by atoms with Gasteiger partial charge in [0.15, 0.2) is 5.78 Å². The molecule has 6 nitrogen and oxygen atoms in total. The maximum Gasteiger partial charge on any atom is 0.411 e. The van der Waals surface area contributed by atoms with Crippen molar-refractivity contribution in [1.29, 1.82) is 0 Å². The molecular formula is C22H29NO5. The second kappa shape index (κ2) is 7.94. The number of esters is 1. The van der Waals surface area contributed by atoms with Crippen LogP contribution < -0.4 is 0 Å². The van der Waals surface area contributed by atoms with Gasteiger partial charge in [0.2, 0.25) is 0 Å². The molecule has 3 atom stereocenters. The molecule has 1 aliphatic carbocycles. The molecule has 1 aliphatic heterocycles. The molecule has 0 spiro atoms. The molecule has 1 heterocycles. The van der Waals surface area contributed by atoms with E-state index in [1.54, 1.807) is 19.1 Å². The standard InChI is InChI=1S/C22H29NO5/c1-5-27-20(25)18-16(22(2,3)4)19(24)17(14-10-7-6-8-11-14)23(18)21(26)28-15-12-9-13-15/h6-8,10-11,15-18H,5,9,12-13H2,1-4H3/t16-,17+,18+/m0/s1. The number of amides is 1. The van der Waals surface area contributed by atoms with Gasteiger partial charge in [0, 0.05) is 0 Å². The zero-order chi connectivity index (χ0) is 20.5. The normalized spacial score (nSPS) is 25.4. The zero-order valence-corrected chi connectivity index (χ0v) is 17.0. The quantitative estimate of drug-likeness (QED) is 0.733. The summed E-state index contributed by atoms with van der Waals surface area (Å²) >= 11 is 0. The van der Waals surface area contributed by atoms with Gasteiger partial charge in [-0.1, -0.05) is 51.1 Å². The monoisotopic (exact) mass is 387 g/mol. The van der Waals surface area contributed by atoms with Gasteiger partial charge in [-0.05, 0) is 37.2 Å². The van der Waals surface area contributed by atoms with E-state index >= 15 is 0 Å². The van der Waals surface area contributed by atoms with Crippen LogP contribution in [0, 0.1) is 11.3 Å². The largest absolute Gasteiger partial charge is 0.464 e. The highest BCUT2D eigenvalue weighted by molar-refractivity contribution is 6.01. The Hall–Kier alpha value is -2.37. The lowest BCUT2D eigenvalue weighted by Crippen LogP contribution is -2.49. The number of rotatable bonds is 4. The van der Waals surface area contributed by atoms with Crippen molar-refractivity contribution in [3.63, 3.8) is 0 Å². The topological polar surface area (TPSA) is 72.9 Å². The number of benzene rings is 1. The highest BCUT2D eigenvalue weighted by atomic mass is 16.6. The van der Waals surface area contributed by atoms with Crippen molar-refractivity contribution in [3.8, 4) is 0 Å². The van der Waals surface area contributed by atoms with Crippen molar-refractivity contribution in [2.75, 3.05) is 6.61 Å². The lowest BCUT2D eigenvalue weighted by molar-refractivity contribution is -0.151. The molecule has 3 rings (SSSR count). The highest BCUT2D eigenvalue weighted by Gasteiger charge is 2.59. The Bertz CT molecular complexity index is 735. The Labute approximate surface area is 166 Å². The molecule has 6 heteroatoms. The SMILES string of the molecule is CCOC(=O)[C@H]1[C@H](C(C)(C)C)C(=O)[C@@H](c2ccccc2)N1C(=O)OC1CCC1. The number of carbonyl (C=O) groups is 3. The van der Waals surface area contributed by atoms with Gasteiger partial charge < -0.3 is 9.47 Å². The first kappa shape index (κ1) is 20.4. The predicted octanol–water partition coefficient (Wildman–Crippen LogP) is 3.90. The lowest BCUT2D eigenvalue weighted by Gasteiger charge is -2.34. The fraction of sp³-hybridized carbons (Fsp3) is 0.591. The molecule has 1 aromatic rings. The summed E-state index contributed by atoms with van der Waals surface area (Å²) in [5, 5.41) is 0. The molecule has 0 radical (unpaired) electrons. The smallest absolute Gasteiger partial charge is 0.411 e. The van der Waals surface area contributed by atoms with E-state index in [1.807, 2.05) is 39.0 Å². The molecule has 0 unspecified atom stereocenters. The van der Waals surface area contributed by atoms with Crippen LogP contribution in [0.1, 0.15) is 58.6 Å². The van der Waals surface area contributed by atoms with Crippen LogP contribution in [0.2, 0.25) is 0 Å². The summed E-state index contributed by atoms with van der Waals surface area (Å²) in [5.41, 5.74) is 0.159. The molecule has 28 heavy (non-hydrogen) atoms. The van der Waals surface area contributed by atoms with Crippen molar-refractivity contribution >= 4 is 17.8 Å². The number of hydrogen-bond acceptors (Lipinski definition) is 5. The van der Waals surface area contributed by atoms with Gasteiger partial charge in [0.05, 0.1) is 12.5 Å². The first-order chi connectivity index (χ1) is 13.3. The minimum absolute atomic E-state index is 0.143. The molecule has 0 bridgehead atoms. The molecule has 152 valence electrons. The Balaban J connectivity index is 2.06. The summed E-state index contributed by atoms with van der Waals surface area (Å²) in [4.78, 5) is 40.8. The highest BCUT2D eigenvalue weighted by Crippen LogP contribution is 2.46. The Kier molecular flexibility index (Phi) is 5.77. The van der Waals surface area contributed by atoms with Crippen LogP contribution in [-0.4, -0.2) is 41.5 Å². The van der Waals surface area contributed by atoms with Gasteiger partial charge in [-0.2, -0.15) is 0 Å². The van der Waals surface area contributed by atoms with Crippen LogP contribution in [0.15, 0.2) is 30.3 Å². The van der Waals surface area contributed by atoms with Crippen LogP contribution in [0.3, 0.4) is 0 Å². The summed E-state index contributed by atoms with van der Waals surface area (Å²) < 4.78 is 10.9. The minimum Gasteiger partial charge on any atom is -0.464 e. The number of likely N-dealkylation sites (tertiary alicyclic amines) is 1. The third-order valence-electron chi connectivity index (χ3n) is 5.58. The minimum atomic E-state index is -0.995. The van der Waals surface area contributed by atoms with Gasteiger partial charge in [0.25, 0.3) is 0 Å². The van der Waals surface area contributed by atoms with Crippen molar-refractivity contribution in [2.24, 2.45) is 11.3 Å². The fourth-order valence-corrected chi connectivity index (χ4v) is 4.03. The maximum atomic E-state index is 13.5. The second-order valence-corrected chi connectivity index (χ2v) is 8.60. The van der Waals surface area contributed by atoms with Crippen molar-refractivity contribution in [2.45, 2.75) is 65.1 Å². The predicted molar refractivity (Wildman–Crippen MR) is 104 cm³/mol. The summed E-state index contributed by atoms with van der Waals surface area (Å²) in [7, 11) is 0. The molecule has 0 aromatic heterocycles. The summed E-state index contributed by atoms with van der Waals surface area (Å²) in [6.45, 7) is 7.62. The molecule has 0 N–H and O–H groups in total. The zero-order valence-electron chi connectivity index (χ0n) is 17.0. The van der Waals surface area contributed by atoms with E-state index in [1.165, 1.54) is 4.90 Å². The van der Waals surface area contributed by atoms with E-state index in [0.29, 0.717) is 5.56 Å². The number of ketones is 1. The first-order valence-corrected chi connectivity index (χ1v) is 10.00. The number of nitrogens with zero attached hydrogens (tertiary/aromatic N) is 1. The van der Waals surface area contributed by atoms with Crippen molar-refractivity contribution in [3.05, 3.63) is 35.9 Å². The third kappa shape index (κ3) is 3.77. The lowest BCUT2D eigenvalue weighted by atomic mass is 9.74. The molecule has 1 amide bonds. The van der Waals surface area contributed by atoms with Gasteiger partial charge in [-0.25, -0.2) is 9.59 Å². The molecular weight excluding hydrogens is 358 g/mol. The number of ether oxygens (including phenoxy) is 2. The Morgan fingerprint density at radius 2 is 1.79 bits per heavy atom. The Morgan fingerprint density at radius 1 is 1.14 bits per heavy atom. The van der Waals surface area contributed by atoms with Crippen LogP contribution in [0.4, 0.5) is 4.79 Å². The van der Waals surface area contributed by atoms with Crippen molar-refractivity contribution in [1.82, 2.24) is 4.90 Å². The van der Waals surface area contributed by atoms with E-state index in [2.05, 4.69) is 0 Å². The number of hydrogen-bond donors (Lipinski definition) is 0. The van der Waals surface area contributed by atoms with Gasteiger partial charge in [-0.3, -0.25) is 9.69 Å². The molecule has 1 saturated carbocycles.